The van der Waals surface area contributed by atoms with Crippen LogP contribution < -0.4 is 5.32 Å². The third kappa shape index (κ3) is 5.15. The first kappa shape index (κ1) is 14.5. The Hall–Kier alpha value is -1.60. The van der Waals surface area contributed by atoms with Gasteiger partial charge in [-0.05, 0) is 19.1 Å². The molecule has 0 aliphatic rings. The van der Waals surface area contributed by atoms with Gasteiger partial charge in [-0.2, -0.15) is 0 Å². The van der Waals surface area contributed by atoms with E-state index in [-0.39, 0.29) is 23.9 Å². The standard InChI is InChI=1S/C11H14N2O4S/c1-8(14)6-12-11(15)7-18-10-4-2-9(3-5-10)13(16)17/h2-5,8,14H,6-7H2,1H3,(H,12,15). The van der Waals surface area contributed by atoms with Gasteiger partial charge in [0.05, 0.1) is 16.8 Å². The van der Waals surface area contributed by atoms with Crippen LogP contribution in [0, 0.1) is 10.1 Å². The van der Waals surface area contributed by atoms with E-state index in [9.17, 15) is 14.9 Å². The quantitative estimate of drug-likeness (QED) is 0.460. The lowest BCUT2D eigenvalue weighted by atomic mass is 10.3. The minimum absolute atomic E-state index is 0.0258. The highest BCUT2D eigenvalue weighted by molar-refractivity contribution is 8.00. The molecular formula is C11H14N2O4S. The van der Waals surface area contributed by atoms with Gasteiger partial charge in [0.15, 0.2) is 0 Å². The highest BCUT2D eigenvalue weighted by atomic mass is 32.2. The number of nitro groups is 1. The third-order valence-corrected chi connectivity index (χ3v) is 3.02. The summed E-state index contributed by atoms with van der Waals surface area (Å²) >= 11 is 1.28. The summed E-state index contributed by atoms with van der Waals surface area (Å²) in [5.74, 6) is 0.0316. The van der Waals surface area contributed by atoms with Crippen molar-refractivity contribution in [2.45, 2.75) is 17.9 Å². The zero-order valence-electron chi connectivity index (χ0n) is 9.83. The van der Waals surface area contributed by atoms with Crippen LogP contribution in [0.1, 0.15) is 6.92 Å². The van der Waals surface area contributed by atoms with Gasteiger partial charge in [0, 0.05) is 23.6 Å². The predicted molar refractivity (Wildman–Crippen MR) is 68.5 cm³/mol. The average Bonchev–Trinajstić information content (AvgIpc) is 2.34. The van der Waals surface area contributed by atoms with Crippen LogP contribution in [0.3, 0.4) is 0 Å². The SMILES string of the molecule is CC(O)CNC(=O)CSc1ccc([N+](=O)[O-])cc1. The Labute approximate surface area is 109 Å². The number of amides is 1. The molecule has 0 bridgehead atoms. The van der Waals surface area contributed by atoms with Crippen LogP contribution in [0.5, 0.6) is 0 Å². The zero-order chi connectivity index (χ0) is 13.5. The molecule has 7 heteroatoms. The molecule has 98 valence electrons. The summed E-state index contributed by atoms with van der Waals surface area (Å²) in [6.45, 7) is 1.81. The maximum absolute atomic E-state index is 11.3. The second-order valence-electron chi connectivity index (χ2n) is 3.69. The average molecular weight is 270 g/mol. The van der Waals surface area contributed by atoms with Crippen molar-refractivity contribution in [2.75, 3.05) is 12.3 Å². The van der Waals surface area contributed by atoms with Crippen LogP contribution in [0.2, 0.25) is 0 Å². The molecule has 0 heterocycles. The fourth-order valence-corrected chi connectivity index (χ4v) is 1.85. The summed E-state index contributed by atoms with van der Waals surface area (Å²) in [5.41, 5.74) is 0.0258. The van der Waals surface area contributed by atoms with E-state index in [0.29, 0.717) is 0 Å². The van der Waals surface area contributed by atoms with Gasteiger partial charge in [-0.3, -0.25) is 14.9 Å². The number of nitro benzene ring substituents is 1. The third-order valence-electron chi connectivity index (χ3n) is 2.01. The highest BCUT2D eigenvalue weighted by Gasteiger charge is 2.06. The lowest BCUT2D eigenvalue weighted by Gasteiger charge is -2.06. The molecule has 0 radical (unpaired) electrons. The second kappa shape index (κ2) is 6.97. The molecule has 0 aliphatic heterocycles. The minimum Gasteiger partial charge on any atom is -0.392 e. The number of carbonyl (C=O) groups excluding carboxylic acids is 1. The van der Waals surface area contributed by atoms with Crippen LogP contribution in [0.15, 0.2) is 29.2 Å². The fourth-order valence-electron chi connectivity index (χ4n) is 1.13. The Balaban J connectivity index is 2.39. The molecule has 0 fully saturated rings. The van der Waals surface area contributed by atoms with Gasteiger partial charge in [0.1, 0.15) is 0 Å². The number of hydrogen-bond donors (Lipinski definition) is 2. The molecule has 0 saturated carbocycles. The summed E-state index contributed by atoms with van der Waals surface area (Å²) < 4.78 is 0. The first-order valence-electron chi connectivity index (χ1n) is 5.31. The van der Waals surface area contributed by atoms with Crippen molar-refractivity contribution in [3.8, 4) is 0 Å². The molecule has 0 spiro atoms. The van der Waals surface area contributed by atoms with Gasteiger partial charge in [0.2, 0.25) is 5.91 Å². The topological polar surface area (TPSA) is 92.5 Å². The Morgan fingerprint density at radius 3 is 2.61 bits per heavy atom. The number of hydrogen-bond acceptors (Lipinski definition) is 5. The van der Waals surface area contributed by atoms with Gasteiger partial charge in [-0.15, -0.1) is 11.8 Å². The van der Waals surface area contributed by atoms with E-state index in [2.05, 4.69) is 5.32 Å². The molecule has 2 N–H and O–H groups in total. The van der Waals surface area contributed by atoms with Crippen molar-refractivity contribution in [2.24, 2.45) is 0 Å². The molecule has 0 aliphatic carbocycles. The number of non-ortho nitro benzene ring substituents is 1. The van der Waals surface area contributed by atoms with Gasteiger partial charge in [0.25, 0.3) is 5.69 Å². The predicted octanol–water partition coefficient (Wildman–Crippen LogP) is 1.18. The first-order valence-corrected chi connectivity index (χ1v) is 6.29. The lowest BCUT2D eigenvalue weighted by Crippen LogP contribution is -2.31. The van der Waals surface area contributed by atoms with Gasteiger partial charge in [-0.1, -0.05) is 0 Å². The van der Waals surface area contributed by atoms with Crippen molar-refractivity contribution >= 4 is 23.4 Å². The normalized spacial score (nSPS) is 11.9. The first-order chi connectivity index (χ1) is 8.49. The van der Waals surface area contributed by atoms with Crippen molar-refractivity contribution < 1.29 is 14.8 Å². The van der Waals surface area contributed by atoms with Crippen molar-refractivity contribution in [3.05, 3.63) is 34.4 Å². The summed E-state index contributed by atoms with van der Waals surface area (Å²) in [4.78, 5) is 22.1. The largest absolute Gasteiger partial charge is 0.392 e. The van der Waals surface area contributed by atoms with Crippen LogP contribution in [0.25, 0.3) is 0 Å². The number of carbonyl (C=O) groups is 1. The number of aliphatic hydroxyl groups excluding tert-OH is 1. The number of thioether (sulfide) groups is 1. The Morgan fingerprint density at radius 1 is 1.50 bits per heavy atom. The number of benzene rings is 1. The van der Waals surface area contributed by atoms with Crippen molar-refractivity contribution in [3.63, 3.8) is 0 Å². The molecule has 1 atom stereocenters. The number of nitrogens with zero attached hydrogens (tertiary/aromatic N) is 1. The smallest absolute Gasteiger partial charge is 0.269 e. The Morgan fingerprint density at radius 2 is 2.11 bits per heavy atom. The van der Waals surface area contributed by atoms with Crippen LogP contribution in [-0.2, 0) is 4.79 Å². The molecule has 1 rings (SSSR count). The van der Waals surface area contributed by atoms with E-state index in [1.165, 1.54) is 23.9 Å². The summed E-state index contributed by atoms with van der Waals surface area (Å²) in [5, 5.41) is 22.0. The highest BCUT2D eigenvalue weighted by Crippen LogP contribution is 2.20. The van der Waals surface area contributed by atoms with E-state index < -0.39 is 11.0 Å². The lowest BCUT2D eigenvalue weighted by molar-refractivity contribution is -0.384. The van der Waals surface area contributed by atoms with Crippen LogP contribution in [-0.4, -0.2) is 34.3 Å². The van der Waals surface area contributed by atoms with Crippen LogP contribution >= 0.6 is 11.8 Å². The van der Waals surface area contributed by atoms with Crippen molar-refractivity contribution in [1.29, 1.82) is 0 Å². The van der Waals surface area contributed by atoms with Crippen LogP contribution in [0.4, 0.5) is 5.69 Å². The fraction of sp³-hybridized carbons (Fsp3) is 0.364. The molecule has 1 aromatic carbocycles. The zero-order valence-corrected chi connectivity index (χ0v) is 10.6. The molecule has 0 aromatic heterocycles. The second-order valence-corrected chi connectivity index (χ2v) is 4.74. The summed E-state index contributed by atoms with van der Waals surface area (Å²) in [7, 11) is 0. The van der Waals surface area contributed by atoms with Crippen molar-refractivity contribution in [1.82, 2.24) is 5.32 Å². The summed E-state index contributed by atoms with van der Waals surface area (Å²) in [6.07, 6.45) is -0.571. The van der Waals surface area contributed by atoms with Gasteiger partial charge < -0.3 is 10.4 Å². The molecular weight excluding hydrogens is 256 g/mol. The van der Waals surface area contributed by atoms with E-state index in [4.69, 9.17) is 5.11 Å². The molecule has 1 amide bonds. The molecule has 6 nitrogen and oxygen atoms in total. The molecule has 0 saturated heterocycles. The van der Waals surface area contributed by atoms with E-state index >= 15 is 0 Å². The van der Waals surface area contributed by atoms with E-state index in [0.717, 1.165) is 4.90 Å². The Kier molecular flexibility index (Phi) is 5.60. The monoisotopic (exact) mass is 270 g/mol. The maximum Gasteiger partial charge on any atom is 0.269 e. The number of aliphatic hydroxyl groups is 1. The molecule has 1 aromatic rings. The van der Waals surface area contributed by atoms with Gasteiger partial charge >= 0.3 is 0 Å². The minimum atomic E-state index is -0.571. The molecule has 1 unspecified atom stereocenters. The Bertz CT molecular complexity index is 420. The van der Waals surface area contributed by atoms with E-state index in [1.54, 1.807) is 19.1 Å². The summed E-state index contributed by atoms with van der Waals surface area (Å²) in [6, 6.07) is 6.00. The number of rotatable bonds is 6. The van der Waals surface area contributed by atoms with E-state index in [1.807, 2.05) is 0 Å². The molecule has 18 heavy (non-hydrogen) atoms. The van der Waals surface area contributed by atoms with Gasteiger partial charge in [-0.25, -0.2) is 0 Å². The maximum atomic E-state index is 11.3. The number of nitrogens with one attached hydrogen (secondary N) is 1.